The smallest absolute Gasteiger partial charge is 0.163 e. The third-order valence-corrected chi connectivity index (χ3v) is 3.16. The van der Waals surface area contributed by atoms with Crippen LogP contribution in [0.1, 0.15) is 12.0 Å². The van der Waals surface area contributed by atoms with Crippen LogP contribution >= 0.6 is 0 Å². The lowest BCUT2D eigenvalue weighted by Gasteiger charge is -2.03. The van der Waals surface area contributed by atoms with Crippen LogP contribution in [-0.2, 0) is 9.59 Å². The summed E-state index contributed by atoms with van der Waals surface area (Å²) in [4.78, 5) is 23.5. The van der Waals surface area contributed by atoms with Crippen molar-refractivity contribution in [1.82, 2.24) is 0 Å². The fourth-order valence-electron chi connectivity index (χ4n) is 1.97. The topological polar surface area (TPSA) is 63.6 Å². The van der Waals surface area contributed by atoms with E-state index in [1.165, 1.54) is 25.3 Å². The summed E-state index contributed by atoms with van der Waals surface area (Å²) in [6.45, 7) is 0. The molecule has 4 heteroatoms. The Kier molecular flexibility index (Phi) is 6.15. The van der Waals surface area contributed by atoms with Crippen molar-refractivity contribution in [3.63, 3.8) is 0 Å². The molecule has 117 valence electrons. The molecular formula is C19H17O4. The van der Waals surface area contributed by atoms with E-state index in [2.05, 4.69) is 0 Å². The molecule has 0 amide bonds. The van der Waals surface area contributed by atoms with Crippen LogP contribution in [0.4, 0.5) is 0 Å². The number of carbonyl (C=O) groups is 2. The zero-order chi connectivity index (χ0) is 16.7. The summed E-state index contributed by atoms with van der Waals surface area (Å²) in [6, 6.07) is 4.74. The molecule has 0 saturated heterocycles. The summed E-state index contributed by atoms with van der Waals surface area (Å²) in [6.07, 6.45) is 13.4. The van der Waals surface area contributed by atoms with Gasteiger partial charge in [-0.15, -0.1) is 0 Å². The Morgan fingerprint density at radius 3 is 2.39 bits per heavy atom. The van der Waals surface area contributed by atoms with Crippen LogP contribution in [0, 0.1) is 31.6 Å². The van der Waals surface area contributed by atoms with E-state index in [-0.39, 0.29) is 23.7 Å². The molecule has 1 aliphatic rings. The minimum atomic E-state index is -0.283. The highest BCUT2D eigenvalue weighted by atomic mass is 16.5. The fraction of sp³-hybridized carbons (Fsp3) is 0.105. The summed E-state index contributed by atoms with van der Waals surface area (Å²) >= 11 is 0. The molecule has 0 spiro atoms. The highest BCUT2D eigenvalue weighted by Crippen LogP contribution is 2.26. The molecule has 0 unspecified atom stereocenters. The summed E-state index contributed by atoms with van der Waals surface area (Å²) in [5, 5.41) is 9.50. The minimum absolute atomic E-state index is 0.0313. The fourth-order valence-corrected chi connectivity index (χ4v) is 1.97. The average molecular weight is 309 g/mol. The third-order valence-electron chi connectivity index (χ3n) is 3.16. The number of phenolic OH excluding ortho intramolecular Hbond substituents is 1. The van der Waals surface area contributed by atoms with Crippen molar-refractivity contribution < 1.29 is 19.4 Å². The van der Waals surface area contributed by atoms with Gasteiger partial charge in [-0.05, 0) is 55.5 Å². The van der Waals surface area contributed by atoms with Gasteiger partial charge in [-0.2, -0.15) is 0 Å². The normalized spacial score (nSPS) is 15.5. The number of benzene rings is 1. The van der Waals surface area contributed by atoms with Crippen LogP contribution in [0.2, 0.25) is 0 Å². The molecule has 0 heterocycles. The molecular weight excluding hydrogens is 292 g/mol. The molecule has 0 aliphatic heterocycles. The van der Waals surface area contributed by atoms with Gasteiger partial charge in [-0.25, -0.2) is 0 Å². The van der Waals surface area contributed by atoms with Gasteiger partial charge in [0.05, 0.1) is 13.5 Å². The molecule has 0 atom stereocenters. The van der Waals surface area contributed by atoms with Crippen LogP contribution in [0.3, 0.4) is 0 Å². The number of aromatic hydroxyl groups is 1. The van der Waals surface area contributed by atoms with Crippen molar-refractivity contribution in [3.8, 4) is 11.5 Å². The maximum atomic E-state index is 11.8. The van der Waals surface area contributed by atoms with Gasteiger partial charge in [0, 0.05) is 5.92 Å². The maximum absolute atomic E-state index is 11.8. The highest BCUT2D eigenvalue weighted by molar-refractivity contribution is 6.09. The lowest BCUT2D eigenvalue weighted by atomic mass is 10.1. The van der Waals surface area contributed by atoms with Gasteiger partial charge >= 0.3 is 0 Å². The van der Waals surface area contributed by atoms with Crippen LogP contribution in [0.25, 0.3) is 6.08 Å². The molecule has 0 aromatic heterocycles. The summed E-state index contributed by atoms with van der Waals surface area (Å²) < 4.78 is 4.99. The van der Waals surface area contributed by atoms with Crippen molar-refractivity contribution in [2.45, 2.75) is 6.42 Å². The van der Waals surface area contributed by atoms with Crippen molar-refractivity contribution in [3.05, 3.63) is 73.6 Å². The average Bonchev–Trinajstić information content (AvgIpc) is 3.05. The number of ketones is 2. The SMILES string of the molecule is COc1cc(/C=C/C(=O)CC(=O)/C=C/[C]2[CH][CH][CH][CH]2)ccc1O. The minimum Gasteiger partial charge on any atom is -0.504 e. The van der Waals surface area contributed by atoms with E-state index >= 15 is 0 Å². The van der Waals surface area contributed by atoms with Gasteiger partial charge in [0.25, 0.3) is 0 Å². The van der Waals surface area contributed by atoms with E-state index in [4.69, 9.17) is 4.74 Å². The Hall–Kier alpha value is -2.36. The first-order valence-electron chi connectivity index (χ1n) is 7.09. The molecule has 1 fully saturated rings. The lowest BCUT2D eigenvalue weighted by Crippen LogP contribution is -2.02. The van der Waals surface area contributed by atoms with Gasteiger partial charge in [0.15, 0.2) is 23.1 Å². The molecule has 23 heavy (non-hydrogen) atoms. The Morgan fingerprint density at radius 1 is 1.09 bits per heavy atom. The van der Waals surface area contributed by atoms with E-state index in [1.807, 2.05) is 25.7 Å². The van der Waals surface area contributed by atoms with E-state index in [0.29, 0.717) is 11.3 Å². The Labute approximate surface area is 136 Å². The summed E-state index contributed by atoms with van der Waals surface area (Å²) in [7, 11) is 1.45. The van der Waals surface area contributed by atoms with E-state index in [0.717, 1.165) is 5.92 Å². The van der Waals surface area contributed by atoms with E-state index in [9.17, 15) is 14.7 Å². The lowest BCUT2D eigenvalue weighted by molar-refractivity contribution is -0.121. The summed E-state index contributed by atoms with van der Waals surface area (Å²) in [5.74, 6) is 0.757. The van der Waals surface area contributed by atoms with Crippen LogP contribution in [0.15, 0.2) is 36.4 Å². The van der Waals surface area contributed by atoms with Crippen LogP contribution in [0.5, 0.6) is 11.5 Å². The predicted molar refractivity (Wildman–Crippen MR) is 87.9 cm³/mol. The van der Waals surface area contributed by atoms with Crippen LogP contribution in [-0.4, -0.2) is 23.8 Å². The molecule has 4 nitrogen and oxygen atoms in total. The number of phenols is 1. The van der Waals surface area contributed by atoms with E-state index < -0.39 is 0 Å². The molecule has 1 N–H and O–H groups in total. The Bertz CT molecular complexity index is 622. The van der Waals surface area contributed by atoms with Crippen LogP contribution < -0.4 is 4.74 Å². The molecule has 1 aromatic rings. The van der Waals surface area contributed by atoms with Crippen molar-refractivity contribution in [2.24, 2.45) is 0 Å². The summed E-state index contributed by atoms with van der Waals surface area (Å²) in [5.41, 5.74) is 0.702. The zero-order valence-electron chi connectivity index (χ0n) is 12.7. The number of rotatable bonds is 7. The van der Waals surface area contributed by atoms with Gasteiger partial charge in [0.1, 0.15) is 0 Å². The predicted octanol–water partition coefficient (Wildman–Crippen LogP) is 2.90. The number of ether oxygens (including phenoxy) is 1. The molecule has 1 aromatic carbocycles. The van der Waals surface area contributed by atoms with Crippen molar-refractivity contribution in [2.75, 3.05) is 7.11 Å². The zero-order valence-corrected chi connectivity index (χ0v) is 12.7. The first-order valence-corrected chi connectivity index (χ1v) is 7.09. The first kappa shape index (κ1) is 17.0. The van der Waals surface area contributed by atoms with Crippen molar-refractivity contribution >= 4 is 17.6 Å². The Balaban J connectivity index is 1.87. The first-order chi connectivity index (χ1) is 11.1. The van der Waals surface area contributed by atoms with Gasteiger partial charge in [-0.1, -0.05) is 18.2 Å². The van der Waals surface area contributed by atoms with Crippen molar-refractivity contribution in [1.29, 1.82) is 0 Å². The number of allylic oxidation sites excluding steroid dienone is 3. The third kappa shape index (κ3) is 5.40. The van der Waals surface area contributed by atoms with Gasteiger partial charge in [0.2, 0.25) is 0 Å². The number of methoxy groups -OCH3 is 1. The second-order valence-electron chi connectivity index (χ2n) is 4.93. The molecule has 1 saturated carbocycles. The quantitative estimate of drug-likeness (QED) is 0.621. The van der Waals surface area contributed by atoms with Gasteiger partial charge < -0.3 is 9.84 Å². The second kappa shape index (κ2) is 8.32. The second-order valence-corrected chi connectivity index (χ2v) is 4.93. The van der Waals surface area contributed by atoms with Gasteiger partial charge in [-0.3, -0.25) is 9.59 Å². The maximum Gasteiger partial charge on any atom is 0.163 e. The number of hydrogen-bond acceptors (Lipinski definition) is 4. The number of hydrogen-bond donors (Lipinski definition) is 1. The number of carbonyl (C=O) groups excluding carboxylic acids is 2. The molecule has 0 bridgehead atoms. The monoisotopic (exact) mass is 309 g/mol. The largest absolute Gasteiger partial charge is 0.504 e. The van der Waals surface area contributed by atoms with E-state index in [1.54, 1.807) is 24.3 Å². The Morgan fingerprint density at radius 2 is 1.74 bits per heavy atom. The highest BCUT2D eigenvalue weighted by Gasteiger charge is 2.14. The molecule has 1 aliphatic carbocycles. The standard InChI is InChI=1S/C19H17O4/c1-23-19-12-15(8-11-18(19)22)7-10-17(21)13-16(20)9-6-14-4-2-3-5-14/h2-12,22H,13H2,1H3/b9-6+,10-7+. The molecule has 5 radical (unpaired) electrons. The molecule has 2 rings (SSSR count).